The number of amides is 4. The Labute approximate surface area is 164 Å². The second-order valence-corrected chi connectivity index (χ2v) is 7.72. The number of hydrogen-bond acceptors (Lipinski definition) is 5. The van der Waals surface area contributed by atoms with Gasteiger partial charge < -0.3 is 19.9 Å². The minimum Gasteiger partial charge on any atom is -0.497 e. The molecule has 1 atom stereocenters. The molecule has 0 spiro atoms. The highest BCUT2D eigenvalue weighted by atomic mass is 16.5. The van der Waals surface area contributed by atoms with E-state index in [1.54, 1.807) is 7.11 Å². The molecule has 2 aliphatic heterocycles. The molecule has 2 saturated heterocycles. The van der Waals surface area contributed by atoms with E-state index in [1.807, 2.05) is 29.2 Å². The summed E-state index contributed by atoms with van der Waals surface area (Å²) in [6.07, 6.45) is 2.47. The first-order valence-corrected chi connectivity index (χ1v) is 9.82. The van der Waals surface area contributed by atoms with Gasteiger partial charge in [0.05, 0.1) is 7.11 Å². The quantitative estimate of drug-likeness (QED) is 0.715. The zero-order chi connectivity index (χ0) is 19.7. The summed E-state index contributed by atoms with van der Waals surface area (Å²) in [6, 6.07) is 7.47. The molecule has 2 heterocycles. The number of benzene rings is 1. The molecule has 1 saturated carbocycles. The fraction of sp³-hybridized carbons (Fsp3) is 0.550. The van der Waals surface area contributed by atoms with E-state index in [0.29, 0.717) is 19.5 Å². The minimum atomic E-state index is -0.894. The fourth-order valence-corrected chi connectivity index (χ4v) is 4.23. The second-order valence-electron chi connectivity index (χ2n) is 7.72. The first-order chi connectivity index (χ1) is 13.5. The summed E-state index contributed by atoms with van der Waals surface area (Å²) in [5, 5.41) is 5.12. The molecule has 8 heteroatoms. The first-order valence-electron chi connectivity index (χ1n) is 9.82. The molecule has 1 unspecified atom stereocenters. The maximum atomic E-state index is 12.7. The number of imide groups is 1. The van der Waals surface area contributed by atoms with E-state index in [-0.39, 0.29) is 24.2 Å². The van der Waals surface area contributed by atoms with Gasteiger partial charge in [-0.15, -0.1) is 0 Å². The molecule has 150 valence electrons. The van der Waals surface area contributed by atoms with E-state index < -0.39 is 11.6 Å². The second kappa shape index (κ2) is 7.33. The van der Waals surface area contributed by atoms with Gasteiger partial charge in [-0.1, -0.05) is 6.07 Å². The molecule has 28 heavy (non-hydrogen) atoms. The Hall–Kier alpha value is -2.77. The van der Waals surface area contributed by atoms with Gasteiger partial charge in [0, 0.05) is 44.4 Å². The Bertz CT molecular complexity index is 786. The van der Waals surface area contributed by atoms with E-state index in [4.69, 9.17) is 4.74 Å². The van der Waals surface area contributed by atoms with Gasteiger partial charge in [-0.05, 0) is 37.3 Å². The molecule has 0 aromatic heterocycles. The molecule has 1 aromatic rings. The fourth-order valence-electron chi connectivity index (χ4n) is 4.23. The van der Waals surface area contributed by atoms with Crippen LogP contribution in [0.5, 0.6) is 5.75 Å². The van der Waals surface area contributed by atoms with Gasteiger partial charge >= 0.3 is 6.03 Å². The molecule has 0 radical (unpaired) electrons. The van der Waals surface area contributed by atoms with Crippen LogP contribution in [0.2, 0.25) is 0 Å². The average molecular weight is 386 g/mol. The Morgan fingerprint density at radius 3 is 2.57 bits per heavy atom. The third-order valence-electron chi connectivity index (χ3n) is 6.03. The average Bonchev–Trinajstić information content (AvgIpc) is 3.52. The van der Waals surface area contributed by atoms with Gasteiger partial charge in [0.2, 0.25) is 5.91 Å². The summed E-state index contributed by atoms with van der Waals surface area (Å²) in [5.41, 5.74) is 0.194. The zero-order valence-corrected chi connectivity index (χ0v) is 16.1. The first kappa shape index (κ1) is 18.6. The third kappa shape index (κ3) is 3.50. The van der Waals surface area contributed by atoms with E-state index in [1.165, 1.54) is 0 Å². The topological polar surface area (TPSA) is 91.0 Å². The maximum absolute atomic E-state index is 12.7. The molecule has 2 N–H and O–H groups in total. The number of urea groups is 1. The van der Waals surface area contributed by atoms with Crippen molar-refractivity contribution in [3.8, 4) is 5.75 Å². The van der Waals surface area contributed by atoms with Crippen LogP contribution in [0.25, 0.3) is 0 Å². The van der Waals surface area contributed by atoms with Crippen molar-refractivity contribution in [2.24, 2.45) is 5.92 Å². The van der Waals surface area contributed by atoms with Crippen LogP contribution in [0.3, 0.4) is 0 Å². The standard InChI is InChI=1S/C20H26N4O4/c1-28-16-4-2-3-15(13-16)23-9-11-24(12-10-23)17(25)7-8-20(14-5-6-14)18(26)21-19(27)22-20/h2-4,13-14H,5-12H2,1H3,(H2,21,22,26,27). The minimum absolute atomic E-state index is 0.0410. The van der Waals surface area contributed by atoms with Crippen LogP contribution >= 0.6 is 0 Å². The predicted molar refractivity (Wildman–Crippen MR) is 103 cm³/mol. The molecule has 1 aliphatic carbocycles. The lowest BCUT2D eigenvalue weighted by molar-refractivity contribution is -0.132. The van der Waals surface area contributed by atoms with Crippen LogP contribution < -0.4 is 20.3 Å². The predicted octanol–water partition coefficient (Wildman–Crippen LogP) is 1.11. The van der Waals surface area contributed by atoms with Crippen molar-refractivity contribution < 1.29 is 19.1 Å². The van der Waals surface area contributed by atoms with Crippen molar-refractivity contribution in [1.82, 2.24) is 15.5 Å². The lowest BCUT2D eigenvalue weighted by Crippen LogP contribution is -2.51. The molecule has 4 rings (SSSR count). The van der Waals surface area contributed by atoms with E-state index in [0.717, 1.165) is 37.4 Å². The summed E-state index contributed by atoms with van der Waals surface area (Å²) in [7, 11) is 1.65. The van der Waals surface area contributed by atoms with Crippen molar-refractivity contribution in [2.45, 2.75) is 31.2 Å². The van der Waals surface area contributed by atoms with Crippen molar-refractivity contribution in [2.75, 3.05) is 38.2 Å². The number of piperazine rings is 1. The summed E-state index contributed by atoms with van der Waals surface area (Å²) < 4.78 is 5.28. The molecular formula is C20H26N4O4. The highest BCUT2D eigenvalue weighted by Gasteiger charge is 2.55. The number of methoxy groups -OCH3 is 1. The number of nitrogens with zero attached hydrogens (tertiary/aromatic N) is 2. The van der Waals surface area contributed by atoms with Crippen LogP contribution in [-0.4, -0.2) is 61.6 Å². The van der Waals surface area contributed by atoms with Crippen LogP contribution in [0.1, 0.15) is 25.7 Å². The smallest absolute Gasteiger partial charge is 0.322 e. The highest BCUT2D eigenvalue weighted by molar-refractivity contribution is 6.07. The Balaban J connectivity index is 1.32. The highest BCUT2D eigenvalue weighted by Crippen LogP contribution is 2.43. The molecule has 4 amide bonds. The van der Waals surface area contributed by atoms with Crippen LogP contribution in [-0.2, 0) is 9.59 Å². The lowest BCUT2D eigenvalue weighted by atomic mass is 9.87. The van der Waals surface area contributed by atoms with Crippen LogP contribution in [0.4, 0.5) is 10.5 Å². The van der Waals surface area contributed by atoms with Crippen LogP contribution in [0.15, 0.2) is 24.3 Å². The Kier molecular flexibility index (Phi) is 4.87. The largest absolute Gasteiger partial charge is 0.497 e. The summed E-state index contributed by atoms with van der Waals surface area (Å²) in [6.45, 7) is 2.80. The number of rotatable bonds is 6. The van der Waals surface area contributed by atoms with Gasteiger partial charge in [0.15, 0.2) is 0 Å². The van der Waals surface area contributed by atoms with Gasteiger partial charge in [-0.3, -0.25) is 14.9 Å². The van der Waals surface area contributed by atoms with E-state index in [9.17, 15) is 14.4 Å². The summed E-state index contributed by atoms with van der Waals surface area (Å²) in [4.78, 5) is 40.7. The van der Waals surface area contributed by atoms with Crippen molar-refractivity contribution >= 4 is 23.5 Å². The number of hydrogen-bond donors (Lipinski definition) is 2. The summed E-state index contributed by atoms with van der Waals surface area (Å²) in [5.74, 6) is 0.727. The zero-order valence-electron chi connectivity index (χ0n) is 16.1. The van der Waals surface area contributed by atoms with Gasteiger partial charge in [-0.25, -0.2) is 4.79 Å². The molecular weight excluding hydrogens is 360 g/mol. The van der Waals surface area contributed by atoms with E-state index >= 15 is 0 Å². The van der Waals surface area contributed by atoms with Gasteiger partial charge in [-0.2, -0.15) is 0 Å². The number of nitrogens with one attached hydrogen (secondary N) is 2. The number of ether oxygens (including phenoxy) is 1. The Morgan fingerprint density at radius 1 is 1.21 bits per heavy atom. The number of anilines is 1. The third-order valence-corrected chi connectivity index (χ3v) is 6.03. The molecule has 3 aliphatic rings. The summed E-state index contributed by atoms with van der Waals surface area (Å²) >= 11 is 0. The monoisotopic (exact) mass is 386 g/mol. The van der Waals surface area contributed by atoms with Crippen molar-refractivity contribution in [1.29, 1.82) is 0 Å². The number of carbonyl (C=O) groups is 3. The SMILES string of the molecule is COc1cccc(N2CCN(C(=O)CCC3(C4CC4)NC(=O)NC3=O)CC2)c1. The van der Waals surface area contributed by atoms with Crippen molar-refractivity contribution in [3.63, 3.8) is 0 Å². The normalized spacial score (nSPS) is 24.8. The molecule has 3 fully saturated rings. The van der Waals surface area contributed by atoms with Crippen molar-refractivity contribution in [3.05, 3.63) is 24.3 Å². The van der Waals surface area contributed by atoms with E-state index in [2.05, 4.69) is 15.5 Å². The van der Waals surface area contributed by atoms with Gasteiger partial charge in [0.1, 0.15) is 11.3 Å². The van der Waals surface area contributed by atoms with Crippen LogP contribution in [0, 0.1) is 5.92 Å². The molecule has 8 nitrogen and oxygen atoms in total. The molecule has 0 bridgehead atoms. The Morgan fingerprint density at radius 2 is 1.96 bits per heavy atom. The molecule has 1 aromatic carbocycles. The lowest BCUT2D eigenvalue weighted by Gasteiger charge is -2.36. The number of carbonyl (C=O) groups excluding carboxylic acids is 3. The maximum Gasteiger partial charge on any atom is 0.322 e. The van der Waals surface area contributed by atoms with Gasteiger partial charge in [0.25, 0.3) is 5.91 Å².